The van der Waals surface area contributed by atoms with Gasteiger partial charge in [0.05, 0.1) is 18.5 Å². The number of anilines is 1. The molecule has 1 N–H and O–H groups in total. The number of nitrogens with one attached hydrogen (secondary N) is 1. The minimum absolute atomic E-state index is 0. The van der Waals surface area contributed by atoms with Crippen molar-refractivity contribution < 1.29 is 83.7 Å². The van der Waals surface area contributed by atoms with E-state index in [4.69, 9.17) is 0 Å². The summed E-state index contributed by atoms with van der Waals surface area (Å²) in [5, 5.41) is 24.0. The Bertz CT molecular complexity index is 558. The number of carbonyl (C=O) groups excluding carboxylic acids is 3. The fourth-order valence-corrected chi connectivity index (χ4v) is 2.32. The monoisotopic (exact) mass is 366 g/mol. The summed E-state index contributed by atoms with van der Waals surface area (Å²) < 4.78 is 0. The van der Waals surface area contributed by atoms with Crippen molar-refractivity contribution in [2.24, 2.45) is 0 Å². The third-order valence-corrected chi connectivity index (χ3v) is 3.34. The van der Waals surface area contributed by atoms with Gasteiger partial charge in [-0.3, -0.25) is 9.69 Å². The first-order valence-corrected chi connectivity index (χ1v) is 7.40. The van der Waals surface area contributed by atoms with E-state index in [0.717, 1.165) is 28.9 Å². The van der Waals surface area contributed by atoms with Gasteiger partial charge in [0.2, 0.25) is 5.91 Å². The standard InChI is InChI=1S/C16H22N2O5.2Na/c1-3-11-6-5-7-12(4-2)16(11)17-13(19)8-18(9-14(20)21)10-15(22)23;;/h5-7H,3-4,8-10H2,1-2H3,(H,17,19)(H,20,21)(H,22,23);;/q;2*+1/p-2. The van der Waals surface area contributed by atoms with Gasteiger partial charge in [0.1, 0.15) is 0 Å². The molecule has 126 valence electrons. The minimum Gasteiger partial charge on any atom is -0.549 e. The van der Waals surface area contributed by atoms with Crippen LogP contribution in [0.2, 0.25) is 0 Å². The molecule has 0 saturated heterocycles. The Kier molecular flexibility index (Phi) is 14.7. The van der Waals surface area contributed by atoms with Crippen molar-refractivity contribution in [1.82, 2.24) is 4.90 Å². The summed E-state index contributed by atoms with van der Waals surface area (Å²) in [6.07, 6.45) is 1.45. The zero-order valence-electron chi connectivity index (χ0n) is 15.3. The molecule has 0 unspecified atom stereocenters. The van der Waals surface area contributed by atoms with Gasteiger partial charge in [-0.1, -0.05) is 32.0 Å². The van der Waals surface area contributed by atoms with Gasteiger partial charge >= 0.3 is 59.1 Å². The number of carboxylic acids is 2. The largest absolute Gasteiger partial charge is 1.00 e. The van der Waals surface area contributed by atoms with Gasteiger partial charge in [-0.15, -0.1) is 0 Å². The molecule has 0 spiro atoms. The summed E-state index contributed by atoms with van der Waals surface area (Å²) in [5.74, 6) is -3.40. The van der Waals surface area contributed by atoms with Crippen molar-refractivity contribution in [3.63, 3.8) is 0 Å². The Balaban J connectivity index is 0. The molecule has 0 aliphatic heterocycles. The molecular formula is C16H20N2Na2O5. The van der Waals surface area contributed by atoms with E-state index in [1.807, 2.05) is 32.0 Å². The Hall–Kier alpha value is -0.410. The molecule has 1 aromatic rings. The van der Waals surface area contributed by atoms with Crippen molar-refractivity contribution in [3.05, 3.63) is 29.3 Å². The third-order valence-electron chi connectivity index (χ3n) is 3.34. The predicted molar refractivity (Wildman–Crippen MR) is 80.3 cm³/mol. The van der Waals surface area contributed by atoms with E-state index in [-0.39, 0.29) is 65.7 Å². The summed E-state index contributed by atoms with van der Waals surface area (Å²) >= 11 is 0. The van der Waals surface area contributed by atoms with Crippen LogP contribution in [-0.4, -0.2) is 42.4 Å². The first-order chi connectivity index (χ1) is 10.9. The van der Waals surface area contributed by atoms with E-state index in [2.05, 4.69) is 5.32 Å². The van der Waals surface area contributed by atoms with Crippen LogP contribution in [0.1, 0.15) is 25.0 Å². The average Bonchev–Trinajstić information content (AvgIpc) is 2.45. The molecule has 9 heteroatoms. The molecule has 7 nitrogen and oxygen atoms in total. The molecule has 1 amide bonds. The predicted octanol–water partition coefficient (Wildman–Crippen LogP) is -7.44. The smallest absolute Gasteiger partial charge is 0.549 e. The van der Waals surface area contributed by atoms with E-state index in [9.17, 15) is 24.6 Å². The molecule has 25 heavy (non-hydrogen) atoms. The van der Waals surface area contributed by atoms with Crippen LogP contribution in [0.15, 0.2) is 18.2 Å². The van der Waals surface area contributed by atoms with Crippen LogP contribution in [0.4, 0.5) is 5.69 Å². The van der Waals surface area contributed by atoms with Gasteiger partial charge < -0.3 is 25.1 Å². The second-order valence-corrected chi connectivity index (χ2v) is 5.10. The number of nitrogens with zero attached hydrogens (tertiary/aromatic N) is 1. The zero-order chi connectivity index (χ0) is 17.4. The van der Waals surface area contributed by atoms with E-state index in [1.165, 1.54) is 0 Å². The van der Waals surface area contributed by atoms with Gasteiger partial charge in [0.15, 0.2) is 0 Å². The molecule has 0 aromatic heterocycles. The van der Waals surface area contributed by atoms with Crippen LogP contribution in [0.5, 0.6) is 0 Å². The number of amides is 1. The summed E-state index contributed by atoms with van der Waals surface area (Å²) in [7, 11) is 0. The number of hydrogen-bond donors (Lipinski definition) is 1. The summed E-state index contributed by atoms with van der Waals surface area (Å²) in [5.41, 5.74) is 2.62. The number of para-hydroxylation sites is 1. The summed E-state index contributed by atoms with van der Waals surface area (Å²) in [4.78, 5) is 34.4. The van der Waals surface area contributed by atoms with Gasteiger partial charge in [0.25, 0.3) is 0 Å². The van der Waals surface area contributed by atoms with E-state index in [1.54, 1.807) is 0 Å². The molecular weight excluding hydrogens is 346 g/mol. The van der Waals surface area contributed by atoms with Crippen LogP contribution < -0.4 is 74.6 Å². The second kappa shape index (κ2) is 13.7. The van der Waals surface area contributed by atoms with Gasteiger partial charge in [0, 0.05) is 18.8 Å². The summed E-state index contributed by atoms with van der Waals surface area (Å²) in [6.45, 7) is 2.24. The molecule has 0 aliphatic carbocycles. The van der Waals surface area contributed by atoms with Crippen LogP contribution in [0.3, 0.4) is 0 Å². The molecule has 0 aliphatic rings. The summed E-state index contributed by atoms with van der Waals surface area (Å²) in [6, 6.07) is 5.70. The molecule has 0 saturated carbocycles. The molecule has 0 heterocycles. The Morgan fingerprint density at radius 2 is 1.36 bits per heavy atom. The normalized spacial score (nSPS) is 9.72. The molecule has 0 radical (unpaired) electrons. The van der Waals surface area contributed by atoms with Crippen LogP contribution in [0.25, 0.3) is 0 Å². The quantitative estimate of drug-likeness (QED) is 0.435. The molecule has 0 atom stereocenters. The maximum absolute atomic E-state index is 12.1. The number of carbonyl (C=O) groups is 3. The van der Waals surface area contributed by atoms with Crippen LogP contribution in [-0.2, 0) is 27.2 Å². The first kappa shape index (κ1) is 26.8. The maximum Gasteiger partial charge on any atom is 1.00 e. The number of aliphatic carboxylic acids is 2. The Morgan fingerprint density at radius 3 is 1.72 bits per heavy atom. The third kappa shape index (κ3) is 9.75. The van der Waals surface area contributed by atoms with E-state index < -0.39 is 30.9 Å². The molecule has 1 rings (SSSR count). The van der Waals surface area contributed by atoms with Crippen LogP contribution >= 0.6 is 0 Å². The minimum atomic E-state index is -1.46. The first-order valence-electron chi connectivity index (χ1n) is 7.40. The molecule has 0 bridgehead atoms. The van der Waals surface area contributed by atoms with Crippen molar-refractivity contribution in [3.8, 4) is 0 Å². The maximum atomic E-state index is 12.1. The fraction of sp³-hybridized carbons (Fsp3) is 0.438. The van der Waals surface area contributed by atoms with Gasteiger partial charge in [-0.05, 0) is 24.0 Å². The SMILES string of the molecule is CCc1cccc(CC)c1NC(=O)CN(CC(=O)[O-])CC(=O)[O-].[Na+].[Na+]. The van der Waals surface area contributed by atoms with Crippen molar-refractivity contribution in [1.29, 1.82) is 0 Å². The number of hydrogen-bond acceptors (Lipinski definition) is 6. The second-order valence-electron chi connectivity index (χ2n) is 5.10. The molecule has 1 aromatic carbocycles. The topological polar surface area (TPSA) is 113 Å². The zero-order valence-corrected chi connectivity index (χ0v) is 19.3. The Labute approximate surface area is 191 Å². The van der Waals surface area contributed by atoms with Gasteiger partial charge in [-0.2, -0.15) is 0 Å². The van der Waals surface area contributed by atoms with Gasteiger partial charge in [-0.25, -0.2) is 0 Å². The van der Waals surface area contributed by atoms with E-state index >= 15 is 0 Å². The number of aryl methyl sites for hydroxylation is 2. The van der Waals surface area contributed by atoms with Crippen LogP contribution in [0, 0.1) is 0 Å². The molecule has 0 fully saturated rings. The fourth-order valence-electron chi connectivity index (χ4n) is 2.32. The number of carboxylic acid groups (broad SMARTS) is 2. The van der Waals surface area contributed by atoms with Crippen molar-refractivity contribution >= 4 is 23.5 Å². The van der Waals surface area contributed by atoms with E-state index in [0.29, 0.717) is 5.69 Å². The van der Waals surface area contributed by atoms with Crippen molar-refractivity contribution in [2.45, 2.75) is 26.7 Å². The number of rotatable bonds is 9. The average molecular weight is 366 g/mol. The van der Waals surface area contributed by atoms with Crippen molar-refractivity contribution in [2.75, 3.05) is 25.0 Å². The Morgan fingerprint density at radius 1 is 0.920 bits per heavy atom. The number of benzene rings is 1.